The van der Waals surface area contributed by atoms with E-state index in [-0.39, 0.29) is 18.2 Å². The summed E-state index contributed by atoms with van der Waals surface area (Å²) in [5, 5.41) is 17.2. The molecule has 0 N–H and O–H groups in total. The molecule has 0 spiro atoms. The Morgan fingerprint density at radius 2 is 2.00 bits per heavy atom. The Morgan fingerprint density at radius 1 is 1.23 bits per heavy atom. The zero-order valence-corrected chi connectivity index (χ0v) is 16.9. The zero-order chi connectivity index (χ0) is 21.5. The van der Waals surface area contributed by atoms with Gasteiger partial charge in [0.15, 0.2) is 5.82 Å². The van der Waals surface area contributed by atoms with E-state index in [9.17, 15) is 14.4 Å². The van der Waals surface area contributed by atoms with Gasteiger partial charge in [0.05, 0.1) is 35.9 Å². The number of ether oxygens (including phenoxy) is 2. The number of morpholine rings is 1. The summed E-state index contributed by atoms with van der Waals surface area (Å²) in [4.78, 5) is 15.5. The molecule has 31 heavy (non-hydrogen) atoms. The van der Waals surface area contributed by atoms with Crippen molar-refractivity contribution in [2.24, 2.45) is 0 Å². The quantitative estimate of drug-likeness (QED) is 0.600. The zero-order valence-electron chi connectivity index (χ0n) is 16.9. The Bertz CT molecular complexity index is 1170. The lowest BCUT2D eigenvalue weighted by Crippen LogP contribution is -2.56. The number of halogens is 1. The molecule has 0 saturated carbocycles. The number of carbonyl (C=O) groups excluding carboxylic acids is 1. The van der Waals surface area contributed by atoms with Crippen molar-refractivity contribution in [3.05, 3.63) is 53.6 Å². The highest BCUT2D eigenvalue weighted by Crippen LogP contribution is 2.30. The highest BCUT2D eigenvalue weighted by Gasteiger charge is 2.38. The molecule has 2 unspecified atom stereocenters. The minimum absolute atomic E-state index is 0.203. The van der Waals surface area contributed by atoms with Crippen molar-refractivity contribution in [1.29, 1.82) is 5.26 Å². The highest BCUT2D eigenvalue weighted by molar-refractivity contribution is 6.05. The number of hydrogen-bond donors (Lipinski definition) is 0. The summed E-state index contributed by atoms with van der Waals surface area (Å²) in [6, 6.07) is 10.3. The van der Waals surface area contributed by atoms with Crippen molar-refractivity contribution in [2.45, 2.75) is 31.0 Å². The largest absolute Gasteiger partial charge is 0.459 e. The third kappa shape index (κ3) is 3.54. The third-order valence-corrected chi connectivity index (χ3v) is 6.13. The maximum atomic E-state index is 13.2. The number of rotatable bonds is 3. The predicted octanol–water partition coefficient (Wildman–Crippen LogP) is 2.45. The summed E-state index contributed by atoms with van der Waals surface area (Å²) in [6.07, 6.45) is 2.83. The van der Waals surface area contributed by atoms with E-state index < -0.39 is 11.9 Å². The number of piperidine rings is 1. The van der Waals surface area contributed by atoms with Crippen molar-refractivity contribution in [1.82, 2.24) is 19.7 Å². The van der Waals surface area contributed by atoms with Gasteiger partial charge in [0, 0.05) is 36.5 Å². The van der Waals surface area contributed by atoms with E-state index >= 15 is 0 Å². The minimum Gasteiger partial charge on any atom is -0.459 e. The van der Waals surface area contributed by atoms with Gasteiger partial charge in [-0.1, -0.05) is 0 Å². The second-order valence-corrected chi connectivity index (χ2v) is 7.98. The van der Waals surface area contributed by atoms with Gasteiger partial charge in [-0.2, -0.15) is 9.65 Å². The van der Waals surface area contributed by atoms with Crippen LogP contribution in [0, 0.1) is 17.3 Å². The molecule has 2 aliphatic rings. The molecule has 4 heterocycles. The molecule has 8 nitrogen and oxygen atoms in total. The highest BCUT2D eigenvalue weighted by atomic mass is 19.1. The Balaban J connectivity index is 1.49. The number of nitrogens with zero attached hydrogens (tertiary/aromatic N) is 5. The molecule has 0 amide bonds. The molecule has 0 radical (unpaired) electrons. The maximum absolute atomic E-state index is 13.2. The number of carbonyl (C=O) groups is 1. The first-order chi connectivity index (χ1) is 15.0. The van der Waals surface area contributed by atoms with Crippen molar-refractivity contribution in [3.8, 4) is 11.9 Å². The first-order valence-corrected chi connectivity index (χ1v) is 10.1. The average molecular weight is 421 g/mol. The van der Waals surface area contributed by atoms with Crippen LogP contribution in [0.5, 0.6) is 0 Å². The predicted molar refractivity (Wildman–Crippen MR) is 108 cm³/mol. The molecule has 2 bridgehead atoms. The number of hydrogen-bond acceptors (Lipinski definition) is 7. The fourth-order valence-electron chi connectivity index (χ4n) is 4.45. The maximum Gasteiger partial charge on any atom is 0.340 e. The van der Waals surface area contributed by atoms with Gasteiger partial charge in [-0.15, -0.1) is 10.2 Å². The molecular formula is C22H20FN5O3. The number of likely N-dealkylation sites (N-methyl/N-ethyl adjacent to an activating group) is 1. The summed E-state index contributed by atoms with van der Waals surface area (Å²) in [5.74, 6) is -0.785. The lowest BCUT2D eigenvalue weighted by molar-refractivity contribution is -0.0970. The van der Waals surface area contributed by atoms with Gasteiger partial charge in [-0.05, 0) is 37.4 Å². The molecule has 3 aromatic rings. The molecule has 9 heteroatoms. The number of aromatic nitrogens is 3. The van der Waals surface area contributed by atoms with Crippen LogP contribution < -0.4 is 0 Å². The van der Waals surface area contributed by atoms with Crippen LogP contribution in [0.15, 0.2) is 36.5 Å². The van der Waals surface area contributed by atoms with Crippen LogP contribution in [0.4, 0.5) is 4.39 Å². The van der Waals surface area contributed by atoms with Gasteiger partial charge in [-0.3, -0.25) is 9.47 Å². The van der Waals surface area contributed by atoms with E-state index in [1.165, 1.54) is 12.1 Å². The molecular weight excluding hydrogens is 401 g/mol. The smallest absolute Gasteiger partial charge is 0.340 e. The van der Waals surface area contributed by atoms with Gasteiger partial charge in [-0.25, -0.2) is 4.79 Å². The monoisotopic (exact) mass is 421 g/mol. The Morgan fingerprint density at radius 3 is 2.68 bits per heavy atom. The van der Waals surface area contributed by atoms with E-state index in [2.05, 4.69) is 28.2 Å². The van der Waals surface area contributed by atoms with Crippen LogP contribution in [-0.4, -0.2) is 64.1 Å². The molecule has 2 saturated heterocycles. The Kier molecular flexibility index (Phi) is 4.88. The second kappa shape index (κ2) is 7.72. The Hall–Kier alpha value is -3.35. The van der Waals surface area contributed by atoms with E-state index in [1.807, 2.05) is 0 Å². The van der Waals surface area contributed by atoms with Crippen LogP contribution in [0.3, 0.4) is 0 Å². The van der Waals surface area contributed by atoms with E-state index in [0.29, 0.717) is 53.9 Å². The normalized spacial score (nSPS) is 23.5. The van der Waals surface area contributed by atoms with Crippen molar-refractivity contribution < 1.29 is 18.7 Å². The van der Waals surface area contributed by atoms with Crippen LogP contribution in [0.1, 0.15) is 28.8 Å². The van der Waals surface area contributed by atoms with Crippen LogP contribution >= 0.6 is 0 Å². The standard InChI is InChI=1S/C22H20FN5O3/c1-27-14-7-16(8-15(27)12-30-11-14)31-22(29)18-10-28(21-5-4-20(23)25-26-21)19-3-2-13(9-24)6-17(18)19/h2-6,10,14-16H,7-8,11-12H2,1H3. The fourth-order valence-corrected chi connectivity index (χ4v) is 4.45. The number of nitriles is 1. The van der Waals surface area contributed by atoms with Crippen molar-refractivity contribution in [3.63, 3.8) is 0 Å². The molecule has 0 aliphatic carbocycles. The van der Waals surface area contributed by atoms with E-state index in [4.69, 9.17) is 9.47 Å². The fraction of sp³-hybridized carbons (Fsp3) is 0.364. The van der Waals surface area contributed by atoms with Gasteiger partial charge in [0.2, 0.25) is 5.95 Å². The Labute approximate surface area is 177 Å². The summed E-state index contributed by atoms with van der Waals surface area (Å²) in [7, 11) is 2.08. The third-order valence-electron chi connectivity index (χ3n) is 6.13. The van der Waals surface area contributed by atoms with Crippen LogP contribution in [0.25, 0.3) is 16.7 Å². The van der Waals surface area contributed by atoms with Crippen molar-refractivity contribution in [2.75, 3.05) is 20.3 Å². The summed E-state index contributed by atoms with van der Waals surface area (Å²) >= 11 is 0. The second-order valence-electron chi connectivity index (χ2n) is 7.98. The lowest BCUT2D eigenvalue weighted by atomic mass is 9.92. The summed E-state index contributed by atoms with van der Waals surface area (Å²) < 4.78 is 26.4. The SMILES string of the molecule is CN1C2COCC1CC(OC(=O)c1cn(-c3ccc(F)nn3)c3ccc(C#N)cc13)C2. The molecule has 1 aromatic carbocycles. The van der Waals surface area contributed by atoms with Gasteiger partial charge < -0.3 is 9.47 Å². The lowest BCUT2D eigenvalue weighted by Gasteiger charge is -2.46. The molecule has 2 fully saturated rings. The number of esters is 1. The molecule has 2 aliphatic heterocycles. The molecule has 158 valence electrons. The average Bonchev–Trinajstić information content (AvgIpc) is 3.14. The van der Waals surface area contributed by atoms with Gasteiger partial charge in [0.25, 0.3) is 0 Å². The van der Waals surface area contributed by atoms with Gasteiger partial charge in [0.1, 0.15) is 6.10 Å². The molecule has 2 atom stereocenters. The first-order valence-electron chi connectivity index (χ1n) is 10.1. The topological polar surface area (TPSA) is 93.3 Å². The summed E-state index contributed by atoms with van der Waals surface area (Å²) in [5.41, 5.74) is 1.41. The van der Waals surface area contributed by atoms with Crippen molar-refractivity contribution >= 4 is 16.9 Å². The van der Waals surface area contributed by atoms with Gasteiger partial charge >= 0.3 is 5.97 Å². The van der Waals surface area contributed by atoms with Crippen LogP contribution in [0.2, 0.25) is 0 Å². The number of fused-ring (bicyclic) bond motifs is 3. The minimum atomic E-state index is -0.691. The molecule has 2 aromatic heterocycles. The number of benzene rings is 1. The van der Waals surface area contributed by atoms with Crippen LogP contribution in [-0.2, 0) is 9.47 Å². The van der Waals surface area contributed by atoms with E-state index in [0.717, 1.165) is 0 Å². The van der Waals surface area contributed by atoms with E-state index in [1.54, 1.807) is 29.0 Å². The summed E-state index contributed by atoms with van der Waals surface area (Å²) in [6.45, 7) is 1.27. The first kappa shape index (κ1) is 19.6. The molecule has 5 rings (SSSR count).